The summed E-state index contributed by atoms with van der Waals surface area (Å²) >= 11 is 0. The smallest absolute Gasteiger partial charge is 0.353 e. The molecule has 9 nitrogen and oxygen atoms in total. The zero-order chi connectivity index (χ0) is 21.7. The molecule has 0 spiro atoms. The van der Waals surface area contributed by atoms with Gasteiger partial charge in [0.2, 0.25) is 11.6 Å². The molecule has 0 aliphatic rings. The van der Waals surface area contributed by atoms with E-state index in [2.05, 4.69) is 20.6 Å². The Hall–Kier alpha value is -4.01. The minimum atomic E-state index is -0.567. The van der Waals surface area contributed by atoms with E-state index >= 15 is 0 Å². The summed E-state index contributed by atoms with van der Waals surface area (Å²) in [5.74, 6) is -0.537. The van der Waals surface area contributed by atoms with Gasteiger partial charge in [-0.1, -0.05) is 24.3 Å². The van der Waals surface area contributed by atoms with Crippen molar-refractivity contribution in [2.75, 3.05) is 17.2 Å². The van der Waals surface area contributed by atoms with E-state index in [9.17, 15) is 14.9 Å². The molecule has 2 N–H and O–H groups in total. The second-order valence-electron chi connectivity index (χ2n) is 6.44. The average molecular weight is 407 g/mol. The van der Waals surface area contributed by atoms with Crippen molar-refractivity contribution >= 4 is 34.7 Å². The normalized spacial score (nSPS) is 10.4. The third kappa shape index (κ3) is 4.35. The fraction of sp³-hybridized carbons (Fsp3) is 0.190. The molecule has 9 heteroatoms. The number of aryl methyl sites for hydroxylation is 1. The highest BCUT2D eigenvalue weighted by atomic mass is 16.6. The SMILES string of the molecule is CCOC(=O)c1ccccc1Nc1ncnc(Nc2cccc(C)c2C)c1[N+](=O)[O-]. The molecule has 2 aromatic carbocycles. The Morgan fingerprint density at radius 3 is 2.33 bits per heavy atom. The molecule has 0 atom stereocenters. The monoisotopic (exact) mass is 407 g/mol. The molecule has 0 bridgehead atoms. The standard InChI is InChI=1S/C21H21N5O4/c1-4-30-21(27)15-9-5-6-10-17(15)25-20-18(26(28)29)19(22-12-23-20)24-16-11-7-8-13(2)14(16)3/h5-12H,4H2,1-3H3,(H2,22,23,24,25). The summed E-state index contributed by atoms with van der Waals surface area (Å²) < 4.78 is 5.05. The number of nitrogens with one attached hydrogen (secondary N) is 2. The summed E-state index contributed by atoms with van der Waals surface area (Å²) in [5, 5.41) is 17.8. The van der Waals surface area contributed by atoms with E-state index in [1.54, 1.807) is 31.2 Å². The predicted molar refractivity (Wildman–Crippen MR) is 114 cm³/mol. The van der Waals surface area contributed by atoms with Crippen LogP contribution in [0, 0.1) is 24.0 Å². The van der Waals surface area contributed by atoms with Gasteiger partial charge in [-0.3, -0.25) is 10.1 Å². The van der Waals surface area contributed by atoms with Crippen molar-refractivity contribution in [3.63, 3.8) is 0 Å². The van der Waals surface area contributed by atoms with Crippen LogP contribution in [0.3, 0.4) is 0 Å². The van der Waals surface area contributed by atoms with Gasteiger partial charge in [0.25, 0.3) is 0 Å². The maximum atomic E-state index is 12.2. The molecule has 154 valence electrons. The molecular formula is C21H21N5O4. The first-order valence-corrected chi connectivity index (χ1v) is 9.28. The second-order valence-corrected chi connectivity index (χ2v) is 6.44. The fourth-order valence-electron chi connectivity index (χ4n) is 2.86. The third-order valence-electron chi connectivity index (χ3n) is 4.54. The van der Waals surface area contributed by atoms with Crippen molar-refractivity contribution in [2.24, 2.45) is 0 Å². The average Bonchev–Trinajstić information content (AvgIpc) is 2.72. The first-order valence-electron chi connectivity index (χ1n) is 9.28. The molecule has 1 heterocycles. The highest BCUT2D eigenvalue weighted by Gasteiger charge is 2.25. The zero-order valence-electron chi connectivity index (χ0n) is 16.8. The van der Waals surface area contributed by atoms with E-state index in [0.717, 1.165) is 11.1 Å². The van der Waals surface area contributed by atoms with Gasteiger partial charge in [-0.25, -0.2) is 14.8 Å². The lowest BCUT2D eigenvalue weighted by atomic mass is 10.1. The molecule has 0 amide bonds. The molecule has 0 aliphatic carbocycles. The number of aromatic nitrogens is 2. The first-order chi connectivity index (χ1) is 14.4. The van der Waals surface area contributed by atoms with Gasteiger partial charge in [0.15, 0.2) is 0 Å². The molecule has 30 heavy (non-hydrogen) atoms. The van der Waals surface area contributed by atoms with Crippen LogP contribution in [0.4, 0.5) is 28.7 Å². The topological polar surface area (TPSA) is 119 Å². The van der Waals surface area contributed by atoms with E-state index in [1.165, 1.54) is 6.33 Å². The number of ether oxygens (including phenoxy) is 1. The lowest BCUT2D eigenvalue weighted by Crippen LogP contribution is -2.10. The third-order valence-corrected chi connectivity index (χ3v) is 4.54. The summed E-state index contributed by atoms with van der Waals surface area (Å²) in [6.07, 6.45) is 1.22. The summed E-state index contributed by atoms with van der Waals surface area (Å²) in [7, 11) is 0. The first kappa shape index (κ1) is 20.7. The highest BCUT2D eigenvalue weighted by molar-refractivity contribution is 5.97. The molecule has 3 rings (SSSR count). The van der Waals surface area contributed by atoms with Crippen molar-refractivity contribution in [3.8, 4) is 0 Å². The number of esters is 1. The van der Waals surface area contributed by atoms with Gasteiger partial charge in [0.1, 0.15) is 6.33 Å². The Morgan fingerprint density at radius 1 is 1.03 bits per heavy atom. The van der Waals surface area contributed by atoms with Gasteiger partial charge in [-0.15, -0.1) is 0 Å². The molecule has 0 aliphatic heterocycles. The van der Waals surface area contributed by atoms with Crippen LogP contribution in [0.5, 0.6) is 0 Å². The second kappa shape index (κ2) is 8.99. The summed E-state index contributed by atoms with van der Waals surface area (Å²) in [4.78, 5) is 31.6. The number of rotatable bonds is 7. The fourth-order valence-corrected chi connectivity index (χ4v) is 2.86. The maximum absolute atomic E-state index is 12.2. The minimum Gasteiger partial charge on any atom is -0.462 e. The minimum absolute atomic E-state index is 0.0415. The van der Waals surface area contributed by atoms with Gasteiger partial charge in [-0.2, -0.15) is 0 Å². The molecular weight excluding hydrogens is 386 g/mol. The molecule has 0 radical (unpaired) electrons. The van der Waals surface area contributed by atoms with E-state index in [-0.39, 0.29) is 29.5 Å². The van der Waals surface area contributed by atoms with Crippen LogP contribution < -0.4 is 10.6 Å². The van der Waals surface area contributed by atoms with Gasteiger partial charge < -0.3 is 15.4 Å². The number of benzene rings is 2. The Labute approximate surface area is 173 Å². The zero-order valence-corrected chi connectivity index (χ0v) is 16.8. The van der Waals surface area contributed by atoms with Crippen molar-refractivity contribution in [1.29, 1.82) is 0 Å². The van der Waals surface area contributed by atoms with Crippen LogP contribution in [0.15, 0.2) is 48.8 Å². The molecule has 0 saturated heterocycles. The van der Waals surface area contributed by atoms with Crippen LogP contribution in [-0.4, -0.2) is 27.5 Å². The Balaban J connectivity index is 2.02. The molecule has 1 aromatic heterocycles. The number of para-hydroxylation sites is 1. The van der Waals surface area contributed by atoms with Gasteiger partial charge in [-0.05, 0) is 50.1 Å². The van der Waals surface area contributed by atoms with Crippen LogP contribution in [0.2, 0.25) is 0 Å². The van der Waals surface area contributed by atoms with Crippen LogP contribution in [-0.2, 0) is 4.74 Å². The quantitative estimate of drug-likeness (QED) is 0.329. The summed E-state index contributed by atoms with van der Waals surface area (Å²) in [5.41, 5.74) is 2.95. The van der Waals surface area contributed by atoms with E-state index in [1.807, 2.05) is 32.0 Å². The van der Waals surface area contributed by atoms with E-state index in [0.29, 0.717) is 11.4 Å². The lowest BCUT2D eigenvalue weighted by Gasteiger charge is -2.14. The summed E-state index contributed by atoms with van der Waals surface area (Å²) in [6, 6.07) is 12.2. The molecule has 3 aromatic rings. The Kier molecular flexibility index (Phi) is 6.21. The molecule has 0 unspecified atom stereocenters. The summed E-state index contributed by atoms with van der Waals surface area (Å²) in [6.45, 7) is 5.78. The van der Waals surface area contributed by atoms with Crippen molar-refractivity contribution in [2.45, 2.75) is 20.8 Å². The van der Waals surface area contributed by atoms with Gasteiger partial charge >= 0.3 is 11.7 Å². The van der Waals surface area contributed by atoms with Crippen molar-refractivity contribution < 1.29 is 14.5 Å². The van der Waals surface area contributed by atoms with Gasteiger partial charge in [0, 0.05) is 5.69 Å². The predicted octanol–water partition coefficient (Wildman–Crippen LogP) is 4.67. The van der Waals surface area contributed by atoms with E-state index < -0.39 is 10.9 Å². The lowest BCUT2D eigenvalue weighted by molar-refractivity contribution is -0.383. The van der Waals surface area contributed by atoms with Gasteiger partial charge in [0.05, 0.1) is 22.8 Å². The molecule has 0 saturated carbocycles. The number of nitro groups is 1. The number of carbonyl (C=O) groups is 1. The van der Waals surface area contributed by atoms with Crippen molar-refractivity contribution in [1.82, 2.24) is 9.97 Å². The van der Waals surface area contributed by atoms with Crippen LogP contribution in [0.25, 0.3) is 0 Å². The Morgan fingerprint density at radius 2 is 1.67 bits per heavy atom. The number of hydrogen-bond donors (Lipinski definition) is 2. The van der Waals surface area contributed by atoms with E-state index in [4.69, 9.17) is 4.74 Å². The number of anilines is 4. The molecule has 0 fully saturated rings. The Bertz CT molecular complexity index is 1100. The van der Waals surface area contributed by atoms with Crippen molar-refractivity contribution in [3.05, 3.63) is 75.6 Å². The number of carbonyl (C=O) groups excluding carboxylic acids is 1. The van der Waals surface area contributed by atoms with Crippen LogP contribution in [0.1, 0.15) is 28.4 Å². The number of hydrogen-bond acceptors (Lipinski definition) is 8. The largest absolute Gasteiger partial charge is 0.462 e. The highest BCUT2D eigenvalue weighted by Crippen LogP contribution is 2.34. The maximum Gasteiger partial charge on any atom is 0.353 e. The van der Waals surface area contributed by atoms with Crippen LogP contribution >= 0.6 is 0 Å². The number of nitrogens with zero attached hydrogens (tertiary/aromatic N) is 3.